The summed E-state index contributed by atoms with van der Waals surface area (Å²) in [6.07, 6.45) is 5.79. The maximum atomic E-state index is 12.3. The highest BCUT2D eigenvalue weighted by Crippen LogP contribution is 2.33. The maximum Gasteiger partial charge on any atom is 0.262 e. The Labute approximate surface area is 133 Å². The average molecular weight is 330 g/mol. The molecule has 1 aromatic heterocycles. The Morgan fingerprint density at radius 1 is 1.52 bits per heavy atom. The second-order valence-electron chi connectivity index (χ2n) is 5.03. The summed E-state index contributed by atoms with van der Waals surface area (Å²) in [6.45, 7) is 0.765. The second kappa shape index (κ2) is 7.75. The molecule has 2 amide bonds. The van der Waals surface area contributed by atoms with Crippen molar-refractivity contribution in [3.63, 3.8) is 0 Å². The summed E-state index contributed by atoms with van der Waals surface area (Å²) in [6, 6.07) is 0.00461. The number of carbonyl (C=O) groups is 2. The van der Waals surface area contributed by atoms with Crippen LogP contribution in [-0.4, -0.2) is 41.2 Å². The van der Waals surface area contributed by atoms with Crippen molar-refractivity contribution < 1.29 is 9.59 Å². The van der Waals surface area contributed by atoms with Crippen molar-refractivity contribution in [2.75, 3.05) is 19.5 Å². The molecule has 1 aromatic rings. The molecule has 0 aliphatic carbocycles. The molecule has 2 heterocycles. The number of thiazole rings is 1. The first-order valence-corrected chi connectivity index (χ1v) is 8.55. The molecule has 0 radical (unpaired) electrons. The summed E-state index contributed by atoms with van der Waals surface area (Å²) in [5.41, 5.74) is 0. The number of hydrogen-bond acceptors (Lipinski definition) is 4. The van der Waals surface area contributed by atoms with E-state index < -0.39 is 0 Å². The molecule has 1 fully saturated rings. The van der Waals surface area contributed by atoms with Crippen molar-refractivity contribution in [3.05, 3.63) is 16.1 Å². The molecule has 1 atom stereocenters. The van der Waals surface area contributed by atoms with Gasteiger partial charge in [0.15, 0.2) is 0 Å². The summed E-state index contributed by atoms with van der Waals surface area (Å²) < 4.78 is 0. The highest BCUT2D eigenvalue weighted by Gasteiger charge is 2.30. The van der Waals surface area contributed by atoms with Gasteiger partial charge in [0.05, 0.1) is 12.2 Å². The van der Waals surface area contributed by atoms with Gasteiger partial charge in [-0.05, 0) is 25.7 Å². The standard InChI is InChI=1S/C14H20ClN3O2S/c1-16-13(20)11-9-17-14(21-11)10-5-2-3-8-18(10)12(19)6-4-7-15/h9-10H,2-8H2,1H3,(H,16,20). The molecule has 1 aliphatic rings. The number of halogens is 1. The van der Waals surface area contributed by atoms with Crippen molar-refractivity contribution >= 4 is 34.8 Å². The molecule has 0 bridgehead atoms. The lowest BCUT2D eigenvalue weighted by Gasteiger charge is -2.34. The summed E-state index contributed by atoms with van der Waals surface area (Å²) in [4.78, 5) is 30.8. The van der Waals surface area contributed by atoms with Crippen LogP contribution in [0.15, 0.2) is 6.20 Å². The van der Waals surface area contributed by atoms with Crippen LogP contribution < -0.4 is 5.32 Å². The minimum atomic E-state index is -0.130. The Hall–Kier alpha value is -1.14. The van der Waals surface area contributed by atoms with E-state index in [0.717, 1.165) is 30.8 Å². The minimum absolute atomic E-state index is 0.00461. The molecule has 1 aliphatic heterocycles. The van der Waals surface area contributed by atoms with Crippen molar-refractivity contribution in [1.82, 2.24) is 15.2 Å². The van der Waals surface area contributed by atoms with E-state index in [1.165, 1.54) is 11.3 Å². The Morgan fingerprint density at radius 3 is 3.05 bits per heavy atom. The highest BCUT2D eigenvalue weighted by molar-refractivity contribution is 7.13. The molecular formula is C14H20ClN3O2S. The van der Waals surface area contributed by atoms with Crippen LogP contribution in [0, 0.1) is 0 Å². The lowest BCUT2D eigenvalue weighted by Crippen LogP contribution is -2.38. The normalized spacial score (nSPS) is 18.6. The first-order chi connectivity index (χ1) is 10.2. The molecule has 0 spiro atoms. The number of nitrogens with one attached hydrogen (secondary N) is 1. The van der Waals surface area contributed by atoms with Gasteiger partial charge in [0.2, 0.25) is 5.91 Å². The molecule has 116 valence electrons. The zero-order chi connectivity index (χ0) is 15.2. The van der Waals surface area contributed by atoms with Crippen LogP contribution in [0.2, 0.25) is 0 Å². The second-order valence-corrected chi connectivity index (χ2v) is 6.47. The first kappa shape index (κ1) is 16.2. The van der Waals surface area contributed by atoms with Crippen LogP contribution in [0.25, 0.3) is 0 Å². The number of carbonyl (C=O) groups excluding carboxylic acids is 2. The summed E-state index contributed by atoms with van der Waals surface area (Å²) in [7, 11) is 1.60. The van der Waals surface area contributed by atoms with Gasteiger partial charge in [0.25, 0.3) is 5.91 Å². The predicted molar refractivity (Wildman–Crippen MR) is 83.8 cm³/mol. The molecule has 2 rings (SSSR count). The Kier molecular flexibility index (Phi) is 5.99. The molecule has 1 saturated heterocycles. The SMILES string of the molecule is CNC(=O)c1cnc(C2CCCCN2C(=O)CCCCl)s1. The van der Waals surface area contributed by atoms with E-state index in [1.807, 2.05) is 4.90 Å². The van der Waals surface area contributed by atoms with E-state index in [0.29, 0.717) is 23.6 Å². The zero-order valence-electron chi connectivity index (χ0n) is 12.1. The van der Waals surface area contributed by atoms with Crippen LogP contribution in [0.4, 0.5) is 0 Å². The average Bonchev–Trinajstić information content (AvgIpc) is 3.01. The number of nitrogens with zero attached hydrogens (tertiary/aromatic N) is 2. The topological polar surface area (TPSA) is 62.3 Å². The summed E-state index contributed by atoms with van der Waals surface area (Å²) in [5.74, 6) is 0.508. The number of piperidine rings is 1. The molecule has 0 saturated carbocycles. The van der Waals surface area contributed by atoms with E-state index in [-0.39, 0.29) is 17.9 Å². The lowest BCUT2D eigenvalue weighted by atomic mass is 10.0. The van der Waals surface area contributed by atoms with E-state index in [9.17, 15) is 9.59 Å². The lowest BCUT2D eigenvalue weighted by molar-refractivity contribution is -0.135. The fourth-order valence-corrected chi connectivity index (χ4v) is 3.66. The van der Waals surface area contributed by atoms with E-state index in [2.05, 4.69) is 10.3 Å². The van der Waals surface area contributed by atoms with Gasteiger partial charge < -0.3 is 10.2 Å². The van der Waals surface area contributed by atoms with Gasteiger partial charge in [-0.2, -0.15) is 0 Å². The van der Waals surface area contributed by atoms with E-state index in [4.69, 9.17) is 11.6 Å². The summed E-state index contributed by atoms with van der Waals surface area (Å²) in [5, 5.41) is 3.45. The smallest absolute Gasteiger partial charge is 0.262 e. The third-order valence-corrected chi connectivity index (χ3v) is 4.97. The zero-order valence-corrected chi connectivity index (χ0v) is 13.7. The third kappa shape index (κ3) is 3.95. The van der Waals surface area contributed by atoms with Gasteiger partial charge in [-0.3, -0.25) is 9.59 Å². The molecule has 1 N–H and O–H groups in total. The van der Waals surface area contributed by atoms with Crippen LogP contribution in [0.1, 0.15) is 52.8 Å². The molecule has 1 unspecified atom stereocenters. The largest absolute Gasteiger partial charge is 0.354 e. The van der Waals surface area contributed by atoms with Crippen molar-refractivity contribution in [1.29, 1.82) is 0 Å². The quantitative estimate of drug-likeness (QED) is 0.844. The molecule has 0 aromatic carbocycles. The predicted octanol–water partition coefficient (Wildman–Crippen LogP) is 2.58. The molecule has 21 heavy (non-hydrogen) atoms. The van der Waals surface area contributed by atoms with Crippen LogP contribution in [0.3, 0.4) is 0 Å². The summed E-state index contributed by atoms with van der Waals surface area (Å²) >= 11 is 7.04. The Balaban J connectivity index is 2.12. The van der Waals surface area contributed by atoms with Gasteiger partial charge in [0, 0.05) is 25.9 Å². The number of aromatic nitrogens is 1. The van der Waals surface area contributed by atoms with Crippen LogP contribution in [0.5, 0.6) is 0 Å². The number of likely N-dealkylation sites (tertiary alicyclic amines) is 1. The van der Waals surface area contributed by atoms with Gasteiger partial charge in [-0.15, -0.1) is 22.9 Å². The number of hydrogen-bond donors (Lipinski definition) is 1. The molecular weight excluding hydrogens is 310 g/mol. The fourth-order valence-electron chi connectivity index (χ4n) is 2.52. The number of amides is 2. The first-order valence-electron chi connectivity index (χ1n) is 7.20. The van der Waals surface area contributed by atoms with Crippen LogP contribution in [-0.2, 0) is 4.79 Å². The van der Waals surface area contributed by atoms with E-state index in [1.54, 1.807) is 13.2 Å². The fraction of sp³-hybridized carbons (Fsp3) is 0.643. The molecule has 7 heteroatoms. The Bertz CT molecular complexity index is 506. The maximum absolute atomic E-state index is 12.3. The molecule has 5 nitrogen and oxygen atoms in total. The minimum Gasteiger partial charge on any atom is -0.354 e. The number of rotatable bonds is 5. The van der Waals surface area contributed by atoms with Gasteiger partial charge in [-0.25, -0.2) is 4.98 Å². The van der Waals surface area contributed by atoms with E-state index >= 15 is 0 Å². The highest BCUT2D eigenvalue weighted by atomic mass is 35.5. The van der Waals surface area contributed by atoms with Crippen LogP contribution >= 0.6 is 22.9 Å². The van der Waals surface area contributed by atoms with Crippen molar-refractivity contribution in [2.45, 2.75) is 38.1 Å². The van der Waals surface area contributed by atoms with Gasteiger partial charge >= 0.3 is 0 Å². The third-order valence-electron chi connectivity index (χ3n) is 3.61. The van der Waals surface area contributed by atoms with Gasteiger partial charge in [0.1, 0.15) is 9.88 Å². The van der Waals surface area contributed by atoms with Crippen molar-refractivity contribution in [2.24, 2.45) is 0 Å². The Morgan fingerprint density at radius 2 is 2.33 bits per heavy atom. The number of alkyl halides is 1. The van der Waals surface area contributed by atoms with Crippen molar-refractivity contribution in [3.8, 4) is 0 Å². The monoisotopic (exact) mass is 329 g/mol. The van der Waals surface area contributed by atoms with Gasteiger partial charge in [-0.1, -0.05) is 0 Å².